The van der Waals surface area contributed by atoms with Crippen LogP contribution >= 0.6 is 0 Å². The minimum absolute atomic E-state index is 0.0406. The van der Waals surface area contributed by atoms with E-state index in [0.29, 0.717) is 18.0 Å². The van der Waals surface area contributed by atoms with E-state index in [0.717, 1.165) is 24.0 Å². The maximum Gasteiger partial charge on any atom is 0.254 e. The van der Waals surface area contributed by atoms with Crippen molar-refractivity contribution >= 4 is 5.91 Å². The molecular formula is C20H23NO3. The number of nitrogens with zero attached hydrogens (tertiary/aromatic N) is 1. The Balaban J connectivity index is 1.90. The molecule has 2 aromatic rings. The lowest BCUT2D eigenvalue weighted by molar-refractivity contribution is 0.0531. The van der Waals surface area contributed by atoms with Gasteiger partial charge in [-0.25, -0.2) is 0 Å². The van der Waals surface area contributed by atoms with Crippen molar-refractivity contribution in [1.82, 2.24) is 4.90 Å². The van der Waals surface area contributed by atoms with E-state index < -0.39 is 0 Å². The number of rotatable bonds is 6. The van der Waals surface area contributed by atoms with E-state index in [4.69, 9.17) is 0 Å². The highest BCUT2D eigenvalue weighted by Gasteiger charge is 2.37. The van der Waals surface area contributed by atoms with Crippen molar-refractivity contribution in [2.75, 3.05) is 6.61 Å². The number of carbonyl (C=O) groups excluding carboxylic acids is 1. The topological polar surface area (TPSA) is 60.8 Å². The first-order chi connectivity index (χ1) is 11.6. The SMILES string of the molecule is Cc1ccc(C(=O)N(Cc2ccccc2)C(CO)C2CC2)cc1O. The molecule has 0 aliphatic heterocycles. The van der Waals surface area contributed by atoms with Crippen molar-refractivity contribution in [3.63, 3.8) is 0 Å². The molecule has 4 heteroatoms. The largest absolute Gasteiger partial charge is 0.508 e. The second-order valence-corrected chi connectivity index (χ2v) is 6.51. The molecule has 1 amide bonds. The van der Waals surface area contributed by atoms with E-state index in [1.165, 1.54) is 6.07 Å². The molecule has 0 spiro atoms. The quantitative estimate of drug-likeness (QED) is 0.858. The first-order valence-electron chi connectivity index (χ1n) is 8.35. The number of amides is 1. The van der Waals surface area contributed by atoms with Gasteiger partial charge in [0.1, 0.15) is 5.75 Å². The van der Waals surface area contributed by atoms with Gasteiger partial charge in [0, 0.05) is 12.1 Å². The highest BCUT2D eigenvalue weighted by Crippen LogP contribution is 2.36. The summed E-state index contributed by atoms with van der Waals surface area (Å²) in [4.78, 5) is 14.8. The minimum atomic E-state index is -0.179. The Morgan fingerprint density at radius 1 is 1.21 bits per heavy atom. The summed E-state index contributed by atoms with van der Waals surface area (Å²) in [7, 11) is 0. The third-order valence-corrected chi connectivity index (χ3v) is 4.67. The molecule has 1 fully saturated rings. The summed E-state index contributed by atoms with van der Waals surface area (Å²) in [6.45, 7) is 2.21. The molecule has 24 heavy (non-hydrogen) atoms. The van der Waals surface area contributed by atoms with E-state index >= 15 is 0 Å². The van der Waals surface area contributed by atoms with E-state index in [9.17, 15) is 15.0 Å². The van der Waals surface area contributed by atoms with Gasteiger partial charge in [0.25, 0.3) is 5.91 Å². The third-order valence-electron chi connectivity index (χ3n) is 4.67. The maximum absolute atomic E-state index is 13.0. The van der Waals surface area contributed by atoms with Gasteiger partial charge in [-0.2, -0.15) is 0 Å². The van der Waals surface area contributed by atoms with Crippen LogP contribution in [0, 0.1) is 12.8 Å². The number of carbonyl (C=O) groups is 1. The molecule has 1 atom stereocenters. The Morgan fingerprint density at radius 2 is 1.92 bits per heavy atom. The Labute approximate surface area is 142 Å². The summed E-state index contributed by atoms with van der Waals surface area (Å²) in [5.74, 6) is 0.328. The molecule has 2 aromatic carbocycles. The number of aromatic hydroxyl groups is 1. The molecule has 2 N–H and O–H groups in total. The van der Waals surface area contributed by atoms with Gasteiger partial charge in [-0.05, 0) is 48.9 Å². The first-order valence-corrected chi connectivity index (χ1v) is 8.35. The van der Waals surface area contributed by atoms with Crippen molar-refractivity contribution in [2.45, 2.75) is 32.4 Å². The molecular weight excluding hydrogens is 302 g/mol. The Morgan fingerprint density at radius 3 is 2.50 bits per heavy atom. The van der Waals surface area contributed by atoms with Crippen LogP contribution in [0.15, 0.2) is 48.5 Å². The fourth-order valence-electron chi connectivity index (χ4n) is 3.01. The number of hydrogen-bond acceptors (Lipinski definition) is 3. The van der Waals surface area contributed by atoms with Crippen LogP contribution in [0.25, 0.3) is 0 Å². The van der Waals surface area contributed by atoms with Crippen LogP contribution in [0.5, 0.6) is 5.75 Å². The Bertz CT molecular complexity index is 710. The van der Waals surface area contributed by atoms with Gasteiger partial charge in [-0.1, -0.05) is 36.4 Å². The predicted octanol–water partition coefficient (Wildman–Crippen LogP) is 3.11. The van der Waals surface area contributed by atoms with Crippen LogP contribution in [0.4, 0.5) is 0 Å². The fourth-order valence-corrected chi connectivity index (χ4v) is 3.01. The Kier molecular flexibility index (Phi) is 4.86. The summed E-state index contributed by atoms with van der Waals surface area (Å²) in [6.07, 6.45) is 2.09. The number of benzene rings is 2. The summed E-state index contributed by atoms with van der Waals surface area (Å²) in [5, 5.41) is 19.8. The summed E-state index contributed by atoms with van der Waals surface area (Å²) in [5.41, 5.74) is 2.22. The average Bonchev–Trinajstić information content (AvgIpc) is 3.42. The molecule has 3 rings (SSSR count). The number of phenols is 1. The molecule has 0 heterocycles. The zero-order valence-electron chi connectivity index (χ0n) is 13.9. The molecule has 1 unspecified atom stereocenters. The first kappa shape index (κ1) is 16.5. The molecule has 0 bridgehead atoms. The smallest absolute Gasteiger partial charge is 0.254 e. The van der Waals surface area contributed by atoms with Crippen molar-refractivity contribution in [1.29, 1.82) is 0 Å². The van der Waals surface area contributed by atoms with Crippen LogP contribution in [0.3, 0.4) is 0 Å². The van der Waals surface area contributed by atoms with E-state index in [-0.39, 0.29) is 24.3 Å². The van der Waals surface area contributed by atoms with E-state index in [2.05, 4.69) is 0 Å². The van der Waals surface area contributed by atoms with E-state index in [1.54, 1.807) is 24.0 Å². The van der Waals surface area contributed by atoms with Gasteiger partial charge in [-0.3, -0.25) is 4.79 Å². The number of aliphatic hydroxyl groups excluding tert-OH is 1. The monoisotopic (exact) mass is 325 g/mol. The second kappa shape index (κ2) is 7.05. The lowest BCUT2D eigenvalue weighted by Gasteiger charge is -2.31. The average molecular weight is 325 g/mol. The fraction of sp³-hybridized carbons (Fsp3) is 0.350. The zero-order valence-corrected chi connectivity index (χ0v) is 13.9. The lowest BCUT2D eigenvalue weighted by Crippen LogP contribution is -2.43. The third kappa shape index (κ3) is 3.60. The van der Waals surface area contributed by atoms with Crippen molar-refractivity contribution < 1.29 is 15.0 Å². The molecule has 126 valence electrons. The highest BCUT2D eigenvalue weighted by atomic mass is 16.3. The van der Waals surface area contributed by atoms with Gasteiger partial charge >= 0.3 is 0 Å². The van der Waals surface area contributed by atoms with Crippen LogP contribution in [-0.2, 0) is 6.54 Å². The van der Waals surface area contributed by atoms with Crippen molar-refractivity contribution in [3.8, 4) is 5.75 Å². The molecule has 0 radical (unpaired) electrons. The van der Waals surface area contributed by atoms with Crippen LogP contribution in [0.2, 0.25) is 0 Å². The van der Waals surface area contributed by atoms with E-state index in [1.807, 2.05) is 30.3 Å². The summed E-state index contributed by atoms with van der Waals surface area (Å²) < 4.78 is 0. The van der Waals surface area contributed by atoms with Crippen molar-refractivity contribution in [3.05, 3.63) is 65.2 Å². The van der Waals surface area contributed by atoms with Gasteiger partial charge in [0.05, 0.1) is 12.6 Å². The van der Waals surface area contributed by atoms with Gasteiger partial charge < -0.3 is 15.1 Å². The predicted molar refractivity (Wildman–Crippen MR) is 92.8 cm³/mol. The summed E-state index contributed by atoms with van der Waals surface area (Å²) >= 11 is 0. The lowest BCUT2D eigenvalue weighted by atomic mass is 10.1. The van der Waals surface area contributed by atoms with Crippen LogP contribution in [-0.4, -0.2) is 33.7 Å². The number of hydrogen-bond donors (Lipinski definition) is 2. The second-order valence-electron chi connectivity index (χ2n) is 6.51. The number of aliphatic hydroxyl groups is 1. The molecule has 0 saturated heterocycles. The summed E-state index contributed by atoms with van der Waals surface area (Å²) in [6, 6.07) is 14.6. The normalized spacial score (nSPS) is 15.1. The standard InChI is InChI=1S/C20H23NO3/c1-14-7-8-17(11-19(14)23)20(24)21(18(13-22)16-9-10-16)12-15-5-3-2-4-6-15/h2-8,11,16,18,22-23H,9-10,12-13H2,1H3. The zero-order chi connectivity index (χ0) is 17.1. The maximum atomic E-state index is 13.0. The molecule has 1 aliphatic rings. The van der Waals surface area contributed by atoms with Gasteiger partial charge in [0.2, 0.25) is 0 Å². The van der Waals surface area contributed by atoms with Crippen LogP contribution in [0.1, 0.15) is 34.3 Å². The molecule has 4 nitrogen and oxygen atoms in total. The molecule has 0 aromatic heterocycles. The number of aryl methyl sites for hydroxylation is 1. The van der Waals surface area contributed by atoms with Crippen molar-refractivity contribution in [2.24, 2.45) is 5.92 Å². The molecule has 1 aliphatic carbocycles. The van der Waals surface area contributed by atoms with Gasteiger partial charge in [-0.15, -0.1) is 0 Å². The number of phenolic OH excluding ortho intramolecular Hbond substituents is 1. The minimum Gasteiger partial charge on any atom is -0.508 e. The van der Waals surface area contributed by atoms with Crippen LogP contribution < -0.4 is 0 Å². The Hall–Kier alpha value is -2.33. The highest BCUT2D eigenvalue weighted by molar-refractivity contribution is 5.95. The van der Waals surface area contributed by atoms with Gasteiger partial charge in [0.15, 0.2) is 0 Å². The molecule has 1 saturated carbocycles.